The molecule has 8 aromatic carbocycles. The lowest BCUT2D eigenvalue weighted by Gasteiger charge is -2.49. The first-order valence-corrected chi connectivity index (χ1v) is 24.2. The summed E-state index contributed by atoms with van der Waals surface area (Å²) >= 11 is 0. The minimum Gasteiger partial charge on any atom is -0.257 e. The van der Waals surface area contributed by atoms with Gasteiger partial charge in [-0.1, -0.05) is 253 Å². The number of hydrogen-bond donors (Lipinski definition) is 0. The van der Waals surface area contributed by atoms with Crippen LogP contribution in [-0.4, -0.2) is 4.78 Å². The molecule has 262 valence electrons. The van der Waals surface area contributed by atoms with Gasteiger partial charge in [-0.15, -0.1) is 0 Å². The summed E-state index contributed by atoms with van der Waals surface area (Å²) in [5, 5.41) is 11.0. The molecule has 0 saturated carbocycles. The van der Waals surface area contributed by atoms with E-state index in [9.17, 15) is 0 Å². The lowest BCUT2D eigenvalue weighted by molar-refractivity contribution is 1.74. The van der Waals surface area contributed by atoms with Crippen LogP contribution in [0, 0.1) is 5.90 Å². The highest BCUT2D eigenvalue weighted by atomic mass is 31.2. The Morgan fingerprint density at radius 2 is 0.500 bits per heavy atom. The van der Waals surface area contributed by atoms with Crippen molar-refractivity contribution in [1.29, 1.82) is 0 Å². The summed E-state index contributed by atoms with van der Waals surface area (Å²) in [5.41, 5.74) is 0. The van der Waals surface area contributed by atoms with Crippen molar-refractivity contribution in [3.05, 3.63) is 249 Å². The third kappa shape index (κ3) is 7.78. The van der Waals surface area contributed by atoms with Crippen molar-refractivity contribution < 1.29 is 0 Å². The van der Waals surface area contributed by atoms with Crippen LogP contribution in [0.1, 0.15) is 0 Å². The van der Waals surface area contributed by atoms with Gasteiger partial charge in [0, 0.05) is 0 Å². The zero-order valence-corrected chi connectivity index (χ0v) is 33.5. The van der Waals surface area contributed by atoms with Gasteiger partial charge in [0.05, 0.1) is 0 Å². The summed E-state index contributed by atoms with van der Waals surface area (Å²) < 4.78 is 1.64. The van der Waals surface area contributed by atoms with Crippen molar-refractivity contribution in [3.8, 4) is 0 Å². The van der Waals surface area contributed by atoms with Gasteiger partial charge in [0.2, 0.25) is 0 Å². The molecule has 0 nitrogen and oxygen atoms in total. The minimum absolute atomic E-state index is 0.919. The fourth-order valence-corrected chi connectivity index (χ4v) is 26.1. The van der Waals surface area contributed by atoms with Gasteiger partial charge in [0.15, 0.2) is 0 Å². The van der Waals surface area contributed by atoms with Crippen molar-refractivity contribution in [3.63, 3.8) is 0 Å². The molecule has 0 N–H and O–H groups in total. The van der Waals surface area contributed by atoms with E-state index < -0.39 is 30.7 Å². The van der Waals surface area contributed by atoms with Crippen molar-refractivity contribution in [2.45, 2.75) is 0 Å². The fraction of sp³-hybridized carbons (Fsp3) is 0. The summed E-state index contributed by atoms with van der Waals surface area (Å²) in [4.78, 5) is 0. The molecule has 0 aliphatic rings. The van der Waals surface area contributed by atoms with Crippen LogP contribution in [0.2, 0.25) is 0 Å². The third-order valence-electron chi connectivity index (χ3n) is 9.46. The SMILES string of the molecule is c1ccc(P([CH-]P(=C(P(c2ccccc2)c2ccccc2)P(c2ccccc2)c2ccccc2)(c2ccccc2)c2ccccc2)c2ccccc2)cc1. The highest BCUT2D eigenvalue weighted by Crippen LogP contribution is 2.70. The molecule has 0 heterocycles. The molecular weight excluding hydrogens is 724 g/mol. The quantitative estimate of drug-likeness (QED) is 0.0859. The molecule has 4 heteroatoms. The molecule has 8 rings (SSSR count). The van der Waals surface area contributed by atoms with Gasteiger partial charge in [0.25, 0.3) is 0 Å². The molecule has 0 bridgehead atoms. The summed E-state index contributed by atoms with van der Waals surface area (Å²) in [5.74, 6) is 2.88. The highest BCUT2D eigenvalue weighted by Gasteiger charge is 2.35. The van der Waals surface area contributed by atoms with Crippen LogP contribution in [-0.2, 0) is 0 Å². The molecule has 0 spiro atoms. The monoisotopic (exact) mass is 765 g/mol. The molecule has 0 radical (unpaired) electrons. The molecule has 0 amide bonds. The zero-order valence-electron chi connectivity index (χ0n) is 30.0. The summed E-state index contributed by atoms with van der Waals surface area (Å²) in [6, 6.07) is 91.1. The van der Waals surface area contributed by atoms with Crippen molar-refractivity contribution >= 4 is 77.9 Å². The molecule has 0 aromatic heterocycles. The molecular formula is C50H41P4-. The number of rotatable bonds is 12. The van der Waals surface area contributed by atoms with Crippen molar-refractivity contribution in [2.24, 2.45) is 0 Å². The molecule has 0 aliphatic heterocycles. The Bertz CT molecular complexity index is 2140. The second-order valence-electron chi connectivity index (χ2n) is 12.9. The fourth-order valence-electron chi connectivity index (χ4n) is 7.01. The maximum atomic E-state index is 2.88. The van der Waals surface area contributed by atoms with E-state index in [2.05, 4.69) is 249 Å². The lowest BCUT2D eigenvalue weighted by atomic mass is 10.4. The number of benzene rings is 8. The van der Waals surface area contributed by atoms with Crippen molar-refractivity contribution in [1.82, 2.24) is 0 Å². The summed E-state index contributed by atoms with van der Waals surface area (Å²) in [6.07, 6.45) is 0. The largest absolute Gasteiger partial charge is 0.257 e. The van der Waals surface area contributed by atoms with E-state index in [0.29, 0.717) is 0 Å². The zero-order chi connectivity index (χ0) is 36.4. The van der Waals surface area contributed by atoms with Gasteiger partial charge in [-0.05, 0) is 52.4 Å². The Balaban J connectivity index is 1.63. The predicted molar refractivity (Wildman–Crippen MR) is 246 cm³/mol. The van der Waals surface area contributed by atoms with Gasteiger partial charge in [-0.25, -0.2) is 0 Å². The smallest absolute Gasteiger partial charge is 0.0141 e. The number of hydrogen-bond acceptors (Lipinski definition) is 0. The van der Waals surface area contributed by atoms with E-state index in [-0.39, 0.29) is 0 Å². The molecule has 0 saturated heterocycles. The minimum atomic E-state index is -2.59. The molecule has 54 heavy (non-hydrogen) atoms. The normalized spacial score (nSPS) is 11.5. The van der Waals surface area contributed by atoms with Crippen LogP contribution in [0.15, 0.2) is 243 Å². The predicted octanol–water partition coefficient (Wildman–Crippen LogP) is 10.3. The van der Waals surface area contributed by atoms with Crippen LogP contribution < -0.4 is 42.4 Å². The van der Waals surface area contributed by atoms with E-state index in [1.807, 2.05) is 0 Å². The average Bonchev–Trinajstić information content (AvgIpc) is 3.27. The van der Waals surface area contributed by atoms with Crippen molar-refractivity contribution in [2.75, 3.05) is 0 Å². The summed E-state index contributed by atoms with van der Waals surface area (Å²) in [6.45, 7) is -2.59. The molecule has 0 atom stereocenters. The van der Waals surface area contributed by atoms with Crippen LogP contribution >= 0.6 is 30.7 Å². The van der Waals surface area contributed by atoms with Gasteiger partial charge in [0.1, 0.15) is 0 Å². The van der Waals surface area contributed by atoms with E-state index in [0.717, 1.165) is 0 Å². The van der Waals surface area contributed by atoms with Crippen LogP contribution in [0.25, 0.3) is 0 Å². The van der Waals surface area contributed by atoms with Gasteiger partial charge in [-0.2, -0.15) is 14.8 Å². The Labute approximate surface area is 324 Å². The second-order valence-corrected chi connectivity index (χ2v) is 23.8. The Morgan fingerprint density at radius 3 is 0.759 bits per heavy atom. The first kappa shape index (κ1) is 36.3. The topological polar surface area (TPSA) is 0 Å². The molecule has 0 unspecified atom stereocenters. The molecule has 8 aromatic rings. The van der Waals surface area contributed by atoms with Crippen LogP contribution in [0.5, 0.6) is 0 Å². The lowest BCUT2D eigenvalue weighted by Crippen LogP contribution is -2.31. The summed E-state index contributed by atoms with van der Waals surface area (Å²) in [7, 11) is -2.98. The van der Waals surface area contributed by atoms with Gasteiger partial charge >= 0.3 is 0 Å². The Kier molecular flexibility index (Phi) is 11.9. The van der Waals surface area contributed by atoms with E-state index >= 15 is 0 Å². The third-order valence-corrected chi connectivity index (χ3v) is 24.7. The average molecular weight is 766 g/mol. The van der Waals surface area contributed by atoms with Gasteiger partial charge in [-0.3, -0.25) is 5.90 Å². The Morgan fingerprint density at radius 1 is 0.278 bits per heavy atom. The van der Waals surface area contributed by atoms with E-state index in [4.69, 9.17) is 0 Å². The maximum absolute atomic E-state index is 2.88. The first-order chi connectivity index (χ1) is 26.8. The molecule has 0 fully saturated rings. The standard InChI is InChI=1S/C50H41P4/c1-9-25-42(26-10-1)51(43-27-11-2-12-28-43)41-54(48-37-21-7-22-38-48,49-39-23-8-24-40-49)50(52(44-29-13-3-14-30-44)45-31-15-4-16-32-45)53(46-33-17-5-18-34-46)47-35-19-6-20-36-47/h1-41H/q-1. The van der Waals surface area contributed by atoms with E-state index in [1.165, 1.54) is 42.4 Å². The second kappa shape index (κ2) is 17.7. The molecule has 0 aliphatic carbocycles. The first-order valence-electron chi connectivity index (χ1n) is 18.3. The maximum Gasteiger partial charge on any atom is -0.0141 e. The van der Waals surface area contributed by atoms with E-state index in [1.54, 1.807) is 4.78 Å². The Hall–Kier alpha value is -4.65. The van der Waals surface area contributed by atoms with Crippen LogP contribution in [0.4, 0.5) is 0 Å². The van der Waals surface area contributed by atoms with Crippen LogP contribution in [0.3, 0.4) is 0 Å². The van der Waals surface area contributed by atoms with Gasteiger partial charge < -0.3 is 0 Å². The highest BCUT2D eigenvalue weighted by molar-refractivity contribution is 8.27.